The molecule has 0 aliphatic heterocycles. The first-order valence-corrected chi connectivity index (χ1v) is 7.92. The van der Waals surface area contributed by atoms with Crippen LogP contribution >= 0.6 is 0 Å². The van der Waals surface area contributed by atoms with Crippen molar-refractivity contribution in [1.29, 1.82) is 0 Å². The zero-order valence-corrected chi connectivity index (χ0v) is 13.3. The molecule has 118 valence electrons. The Morgan fingerprint density at radius 2 is 2.05 bits per heavy atom. The van der Waals surface area contributed by atoms with Gasteiger partial charge in [0.1, 0.15) is 0 Å². The van der Waals surface area contributed by atoms with Crippen molar-refractivity contribution in [1.82, 2.24) is 9.78 Å². The summed E-state index contributed by atoms with van der Waals surface area (Å²) in [5.41, 5.74) is 2.26. The van der Waals surface area contributed by atoms with Crippen LogP contribution in [0.15, 0.2) is 6.07 Å². The first-order valence-electron chi connectivity index (χ1n) is 7.92. The molecule has 1 saturated carbocycles. The molecular formula is C16H26N2O3. The molecule has 0 spiro atoms. The molecule has 1 aliphatic carbocycles. The lowest BCUT2D eigenvalue weighted by molar-refractivity contribution is -0.147. The maximum atomic E-state index is 11.5. The highest BCUT2D eigenvalue weighted by atomic mass is 16.5. The van der Waals surface area contributed by atoms with Crippen LogP contribution in [0.25, 0.3) is 0 Å². The van der Waals surface area contributed by atoms with E-state index in [0.717, 1.165) is 50.0 Å². The quantitative estimate of drug-likeness (QED) is 0.757. The van der Waals surface area contributed by atoms with Crippen LogP contribution in [0, 0.1) is 5.92 Å². The zero-order chi connectivity index (χ0) is 15.2. The minimum atomic E-state index is -0.0786. The van der Waals surface area contributed by atoms with Gasteiger partial charge in [-0.3, -0.25) is 9.48 Å². The summed E-state index contributed by atoms with van der Waals surface area (Å²) in [6.45, 7) is 5.68. The molecule has 5 nitrogen and oxygen atoms in total. The molecule has 1 fully saturated rings. The van der Waals surface area contributed by atoms with Crippen molar-refractivity contribution in [2.45, 2.75) is 65.2 Å². The highest BCUT2D eigenvalue weighted by Crippen LogP contribution is 2.27. The average Bonchev–Trinajstić information content (AvgIpc) is 2.95. The van der Waals surface area contributed by atoms with Gasteiger partial charge in [0.25, 0.3) is 0 Å². The smallest absolute Gasteiger partial charge is 0.308 e. The normalized spacial score (nSPS) is 22.2. The van der Waals surface area contributed by atoms with E-state index in [-0.39, 0.29) is 18.0 Å². The number of carbonyl (C=O) groups excluding carboxylic acids is 1. The molecule has 0 saturated heterocycles. The van der Waals surface area contributed by atoms with Crippen molar-refractivity contribution < 1.29 is 14.3 Å². The second-order valence-electron chi connectivity index (χ2n) is 5.60. The minimum Gasteiger partial charge on any atom is -0.469 e. The number of esters is 1. The maximum Gasteiger partial charge on any atom is 0.308 e. The molecule has 1 aromatic heterocycles. The molecule has 0 radical (unpaired) electrons. The summed E-state index contributed by atoms with van der Waals surface area (Å²) < 4.78 is 12.8. The molecule has 0 unspecified atom stereocenters. The Hall–Kier alpha value is -1.36. The predicted molar refractivity (Wildman–Crippen MR) is 79.8 cm³/mol. The van der Waals surface area contributed by atoms with E-state index in [1.54, 1.807) is 0 Å². The van der Waals surface area contributed by atoms with Crippen molar-refractivity contribution >= 4 is 5.97 Å². The van der Waals surface area contributed by atoms with E-state index in [1.165, 1.54) is 7.11 Å². The number of aryl methyl sites for hydroxylation is 2. The third kappa shape index (κ3) is 4.06. The first-order chi connectivity index (χ1) is 10.2. The van der Waals surface area contributed by atoms with Crippen LogP contribution in [0.2, 0.25) is 0 Å². The Morgan fingerprint density at radius 3 is 2.62 bits per heavy atom. The number of hydrogen-bond donors (Lipinski definition) is 0. The molecule has 5 heteroatoms. The fraction of sp³-hybridized carbons (Fsp3) is 0.750. The number of rotatable bonds is 6. The standard InChI is InChI=1S/C16H26N2O3/c1-4-13-10-14(18(5-2)17-13)11-21-15-8-6-12(7-9-15)16(19)20-3/h10,12,15H,4-9,11H2,1-3H3. The van der Waals surface area contributed by atoms with Crippen LogP contribution in [0.4, 0.5) is 0 Å². The summed E-state index contributed by atoms with van der Waals surface area (Å²) in [6, 6.07) is 2.13. The molecule has 1 heterocycles. The Bertz CT molecular complexity index is 462. The lowest BCUT2D eigenvalue weighted by atomic mass is 9.87. The highest BCUT2D eigenvalue weighted by molar-refractivity contribution is 5.72. The van der Waals surface area contributed by atoms with Gasteiger partial charge < -0.3 is 9.47 Å². The third-order valence-corrected chi connectivity index (χ3v) is 4.25. The van der Waals surface area contributed by atoms with Crippen molar-refractivity contribution in [3.8, 4) is 0 Å². The topological polar surface area (TPSA) is 53.4 Å². The van der Waals surface area contributed by atoms with Gasteiger partial charge in [0.15, 0.2) is 0 Å². The number of nitrogens with zero attached hydrogens (tertiary/aromatic N) is 2. The molecule has 2 rings (SSSR count). The fourth-order valence-electron chi connectivity index (χ4n) is 2.91. The Kier molecular flexibility index (Phi) is 5.79. The van der Waals surface area contributed by atoms with Gasteiger partial charge in [0.05, 0.1) is 37.1 Å². The predicted octanol–water partition coefficient (Wildman–Crippen LogP) is 2.71. The fourth-order valence-corrected chi connectivity index (χ4v) is 2.91. The number of carbonyl (C=O) groups is 1. The third-order valence-electron chi connectivity index (χ3n) is 4.25. The number of ether oxygens (including phenoxy) is 2. The van der Waals surface area contributed by atoms with Crippen molar-refractivity contribution in [3.05, 3.63) is 17.5 Å². The number of aromatic nitrogens is 2. The number of methoxy groups -OCH3 is 1. The number of hydrogen-bond acceptors (Lipinski definition) is 4. The zero-order valence-electron chi connectivity index (χ0n) is 13.3. The van der Waals surface area contributed by atoms with Crippen LogP contribution in [0.3, 0.4) is 0 Å². The molecule has 0 atom stereocenters. The SMILES string of the molecule is CCc1cc(COC2CCC(C(=O)OC)CC2)n(CC)n1. The van der Waals surface area contributed by atoms with Gasteiger partial charge in [0.2, 0.25) is 0 Å². The Morgan fingerprint density at radius 1 is 1.33 bits per heavy atom. The van der Waals surface area contributed by atoms with Crippen molar-refractivity contribution in [3.63, 3.8) is 0 Å². The van der Waals surface area contributed by atoms with Crippen LogP contribution in [0.1, 0.15) is 50.9 Å². The van der Waals surface area contributed by atoms with Gasteiger partial charge in [-0.2, -0.15) is 5.10 Å². The summed E-state index contributed by atoms with van der Waals surface area (Å²) in [6.07, 6.45) is 4.79. The molecule has 0 bridgehead atoms. The largest absolute Gasteiger partial charge is 0.469 e. The summed E-state index contributed by atoms with van der Waals surface area (Å²) in [5.74, 6) is -0.0205. The minimum absolute atomic E-state index is 0.0581. The van der Waals surface area contributed by atoms with Crippen molar-refractivity contribution in [2.75, 3.05) is 7.11 Å². The van der Waals surface area contributed by atoms with Crippen molar-refractivity contribution in [2.24, 2.45) is 5.92 Å². The van der Waals surface area contributed by atoms with Gasteiger partial charge in [0, 0.05) is 6.54 Å². The van der Waals surface area contributed by atoms with Crippen LogP contribution in [0.5, 0.6) is 0 Å². The van der Waals surface area contributed by atoms with E-state index in [1.807, 2.05) is 4.68 Å². The first kappa shape index (κ1) is 16.0. The van der Waals surface area contributed by atoms with E-state index in [0.29, 0.717) is 6.61 Å². The second kappa shape index (κ2) is 7.59. The van der Waals surface area contributed by atoms with Crippen LogP contribution < -0.4 is 0 Å². The summed E-state index contributed by atoms with van der Waals surface area (Å²) in [5, 5.41) is 4.53. The van der Waals surface area contributed by atoms with Gasteiger partial charge in [-0.25, -0.2) is 0 Å². The molecule has 1 aliphatic rings. The summed E-state index contributed by atoms with van der Waals surface area (Å²) in [4.78, 5) is 11.5. The van der Waals surface area contributed by atoms with E-state index >= 15 is 0 Å². The van der Waals surface area contributed by atoms with Crippen LogP contribution in [-0.2, 0) is 33.8 Å². The van der Waals surface area contributed by atoms with Crippen LogP contribution in [-0.4, -0.2) is 29.0 Å². The molecule has 0 amide bonds. The molecule has 1 aromatic rings. The molecular weight excluding hydrogens is 268 g/mol. The Labute approximate surface area is 126 Å². The lowest BCUT2D eigenvalue weighted by Gasteiger charge is -2.27. The van der Waals surface area contributed by atoms with E-state index in [9.17, 15) is 4.79 Å². The van der Waals surface area contributed by atoms with Gasteiger partial charge in [-0.15, -0.1) is 0 Å². The highest BCUT2D eigenvalue weighted by Gasteiger charge is 2.27. The van der Waals surface area contributed by atoms with E-state index in [2.05, 4.69) is 25.0 Å². The summed E-state index contributed by atoms with van der Waals surface area (Å²) in [7, 11) is 1.46. The maximum absolute atomic E-state index is 11.5. The molecule has 0 aromatic carbocycles. The van der Waals surface area contributed by atoms with E-state index < -0.39 is 0 Å². The molecule has 0 N–H and O–H groups in total. The monoisotopic (exact) mass is 294 g/mol. The average molecular weight is 294 g/mol. The molecule has 21 heavy (non-hydrogen) atoms. The Balaban J connectivity index is 1.82. The lowest BCUT2D eigenvalue weighted by Crippen LogP contribution is -2.27. The van der Waals surface area contributed by atoms with Gasteiger partial charge >= 0.3 is 5.97 Å². The second-order valence-corrected chi connectivity index (χ2v) is 5.60. The van der Waals surface area contributed by atoms with Gasteiger partial charge in [-0.05, 0) is 45.1 Å². The van der Waals surface area contributed by atoms with Gasteiger partial charge in [-0.1, -0.05) is 6.92 Å². The summed E-state index contributed by atoms with van der Waals surface area (Å²) >= 11 is 0. The van der Waals surface area contributed by atoms with E-state index in [4.69, 9.17) is 9.47 Å².